The molecule has 0 bridgehead atoms. The maximum Gasteiger partial charge on any atom is 0.405 e. The number of nitrogen functional groups attached to an aromatic ring is 1. The molecule has 0 aliphatic carbocycles. The van der Waals surface area contributed by atoms with Gasteiger partial charge in [-0.1, -0.05) is 11.3 Å². The van der Waals surface area contributed by atoms with Crippen molar-refractivity contribution >= 4 is 28.2 Å². The number of carbonyl (C=O) groups is 1. The summed E-state index contributed by atoms with van der Waals surface area (Å²) in [5.41, 5.74) is 5.23. The normalized spacial score (nSPS) is 12.3. The van der Waals surface area contributed by atoms with Crippen molar-refractivity contribution in [3.63, 3.8) is 0 Å². The minimum absolute atomic E-state index is 0.0315. The molecule has 0 saturated heterocycles. The number of aromatic nitrogens is 1. The van der Waals surface area contributed by atoms with Gasteiger partial charge in [-0.15, -0.1) is 0 Å². The summed E-state index contributed by atoms with van der Waals surface area (Å²) in [5.74, 6) is -0.967. The van der Waals surface area contributed by atoms with E-state index in [0.29, 0.717) is 5.13 Å². The van der Waals surface area contributed by atoms with Crippen molar-refractivity contribution in [3.8, 4) is 0 Å². The van der Waals surface area contributed by atoms with E-state index in [9.17, 15) is 18.0 Å². The fourth-order valence-corrected chi connectivity index (χ4v) is 2.14. The van der Waals surface area contributed by atoms with Crippen LogP contribution in [0.1, 0.15) is 30.4 Å². The number of rotatable bonds is 3. The molecule has 0 radical (unpaired) electrons. The van der Waals surface area contributed by atoms with Gasteiger partial charge in [0.15, 0.2) is 5.13 Å². The van der Waals surface area contributed by atoms with Gasteiger partial charge in [-0.25, -0.2) is 4.98 Å². The maximum atomic E-state index is 12.0. The zero-order valence-electron chi connectivity index (χ0n) is 10.7. The second kappa shape index (κ2) is 5.24. The van der Waals surface area contributed by atoms with Crippen LogP contribution in [0.25, 0.3) is 0 Å². The summed E-state index contributed by atoms with van der Waals surface area (Å²) < 4.78 is 36.0. The van der Waals surface area contributed by atoms with Crippen LogP contribution in [-0.2, 0) is 0 Å². The predicted molar refractivity (Wildman–Crippen MR) is 68.3 cm³/mol. The highest BCUT2D eigenvalue weighted by Gasteiger charge is 2.29. The smallest absolute Gasteiger partial charge is 0.382 e. The third-order valence-corrected chi connectivity index (χ3v) is 2.78. The summed E-state index contributed by atoms with van der Waals surface area (Å²) >= 11 is 0.918. The van der Waals surface area contributed by atoms with Crippen LogP contribution >= 0.6 is 11.3 Å². The minimum atomic E-state index is -4.46. The van der Waals surface area contributed by atoms with E-state index in [2.05, 4.69) is 10.3 Å². The lowest BCUT2D eigenvalue weighted by atomic mass is 10.1. The molecule has 0 fully saturated rings. The third kappa shape index (κ3) is 5.33. The van der Waals surface area contributed by atoms with Crippen LogP contribution in [0.4, 0.5) is 24.1 Å². The molecular weight excluding hydrogens is 281 g/mol. The van der Waals surface area contributed by atoms with Crippen molar-refractivity contribution in [1.82, 2.24) is 10.3 Å². The number of amides is 1. The monoisotopic (exact) mass is 296 g/mol. The molecule has 0 spiro atoms. The average molecular weight is 296 g/mol. The molecule has 5 nitrogen and oxygen atoms in total. The van der Waals surface area contributed by atoms with Crippen molar-refractivity contribution in [2.75, 3.05) is 17.6 Å². The first-order chi connectivity index (χ1) is 8.48. The standard InChI is InChI=1S/C10H15F3N4OS/c1-9(2,3)17-8-16-6(14)5(19-8)7(18)15-4-10(11,12)13/h4,14H2,1-3H3,(H,15,18)(H,16,17). The fourth-order valence-electron chi connectivity index (χ4n) is 1.13. The summed E-state index contributed by atoms with van der Waals surface area (Å²) in [7, 11) is 0. The summed E-state index contributed by atoms with van der Waals surface area (Å²) in [4.78, 5) is 15.4. The summed E-state index contributed by atoms with van der Waals surface area (Å²) in [6, 6.07) is 0. The SMILES string of the molecule is CC(C)(C)Nc1nc(N)c(C(=O)NCC(F)(F)F)s1. The number of halogens is 3. The molecule has 0 atom stereocenters. The second-order valence-corrected chi connectivity index (χ2v) is 5.91. The molecule has 0 saturated carbocycles. The van der Waals surface area contributed by atoms with Gasteiger partial charge in [0.25, 0.3) is 5.91 Å². The number of nitrogens with two attached hydrogens (primary N) is 1. The van der Waals surface area contributed by atoms with Gasteiger partial charge >= 0.3 is 6.18 Å². The molecule has 0 unspecified atom stereocenters. The van der Waals surface area contributed by atoms with Gasteiger partial charge in [-0.05, 0) is 20.8 Å². The quantitative estimate of drug-likeness (QED) is 0.799. The van der Waals surface area contributed by atoms with Gasteiger partial charge in [0, 0.05) is 5.54 Å². The van der Waals surface area contributed by atoms with Crippen LogP contribution in [0.15, 0.2) is 0 Å². The lowest BCUT2D eigenvalue weighted by molar-refractivity contribution is -0.123. The zero-order valence-corrected chi connectivity index (χ0v) is 11.5. The lowest BCUT2D eigenvalue weighted by Gasteiger charge is -2.19. The van der Waals surface area contributed by atoms with E-state index in [1.165, 1.54) is 0 Å². The van der Waals surface area contributed by atoms with Gasteiger partial charge in [0.05, 0.1) is 0 Å². The molecular formula is C10H15F3N4OS. The van der Waals surface area contributed by atoms with Gasteiger partial charge in [-0.3, -0.25) is 4.79 Å². The summed E-state index contributed by atoms with van der Waals surface area (Å²) in [5, 5.41) is 5.14. The Morgan fingerprint density at radius 2 is 1.95 bits per heavy atom. The van der Waals surface area contributed by atoms with Crippen molar-refractivity contribution in [1.29, 1.82) is 0 Å². The molecule has 0 aliphatic rings. The van der Waals surface area contributed by atoms with E-state index in [-0.39, 0.29) is 16.2 Å². The molecule has 0 aliphatic heterocycles. The van der Waals surface area contributed by atoms with Crippen molar-refractivity contribution in [2.24, 2.45) is 0 Å². The Morgan fingerprint density at radius 3 is 2.42 bits per heavy atom. The van der Waals surface area contributed by atoms with Crippen molar-refractivity contribution in [2.45, 2.75) is 32.5 Å². The maximum absolute atomic E-state index is 12.0. The van der Waals surface area contributed by atoms with Crippen molar-refractivity contribution < 1.29 is 18.0 Å². The van der Waals surface area contributed by atoms with E-state index in [0.717, 1.165) is 11.3 Å². The van der Waals surface area contributed by atoms with Crippen LogP contribution in [-0.4, -0.2) is 29.2 Å². The van der Waals surface area contributed by atoms with Crippen LogP contribution in [0.3, 0.4) is 0 Å². The number of anilines is 2. The fraction of sp³-hybridized carbons (Fsp3) is 0.600. The first kappa shape index (κ1) is 15.5. The molecule has 9 heteroatoms. The number of thiazole rings is 1. The zero-order chi connectivity index (χ0) is 14.8. The number of nitrogens with zero attached hydrogens (tertiary/aromatic N) is 1. The molecule has 1 aromatic rings. The molecule has 1 heterocycles. The molecule has 0 aromatic carbocycles. The predicted octanol–water partition coefficient (Wildman–Crippen LogP) is 2.23. The molecule has 108 valence electrons. The molecule has 4 N–H and O–H groups in total. The van der Waals surface area contributed by atoms with E-state index in [1.807, 2.05) is 20.8 Å². The van der Waals surface area contributed by atoms with Gasteiger partial charge in [0.1, 0.15) is 17.2 Å². The Balaban J connectivity index is 2.76. The van der Waals surface area contributed by atoms with Crippen LogP contribution in [0.5, 0.6) is 0 Å². The Morgan fingerprint density at radius 1 is 1.37 bits per heavy atom. The summed E-state index contributed by atoms with van der Waals surface area (Å²) in [6.45, 7) is 4.25. The Kier molecular flexibility index (Phi) is 4.28. The molecule has 19 heavy (non-hydrogen) atoms. The highest BCUT2D eigenvalue weighted by molar-refractivity contribution is 7.18. The lowest BCUT2D eigenvalue weighted by Crippen LogP contribution is -2.33. The third-order valence-electron chi connectivity index (χ3n) is 1.79. The molecule has 1 amide bonds. The highest BCUT2D eigenvalue weighted by atomic mass is 32.1. The number of hydrogen-bond donors (Lipinski definition) is 3. The van der Waals surface area contributed by atoms with Gasteiger partial charge in [0.2, 0.25) is 0 Å². The average Bonchev–Trinajstić information content (AvgIpc) is 2.52. The van der Waals surface area contributed by atoms with Gasteiger partial charge < -0.3 is 16.4 Å². The van der Waals surface area contributed by atoms with E-state index >= 15 is 0 Å². The number of carbonyl (C=O) groups excluding carboxylic acids is 1. The van der Waals surface area contributed by atoms with Crippen molar-refractivity contribution in [3.05, 3.63) is 4.88 Å². The second-order valence-electron chi connectivity index (χ2n) is 4.91. The first-order valence-electron chi connectivity index (χ1n) is 5.37. The Hall–Kier alpha value is -1.51. The van der Waals surface area contributed by atoms with E-state index in [4.69, 9.17) is 5.73 Å². The number of nitrogens with one attached hydrogen (secondary N) is 2. The van der Waals surface area contributed by atoms with Gasteiger partial charge in [-0.2, -0.15) is 13.2 Å². The number of alkyl halides is 3. The Labute approximate surface area is 112 Å². The molecule has 1 aromatic heterocycles. The van der Waals surface area contributed by atoms with E-state index < -0.39 is 18.6 Å². The summed E-state index contributed by atoms with van der Waals surface area (Å²) in [6.07, 6.45) is -4.46. The minimum Gasteiger partial charge on any atom is -0.382 e. The highest BCUT2D eigenvalue weighted by Crippen LogP contribution is 2.27. The molecule has 1 rings (SSSR count). The first-order valence-corrected chi connectivity index (χ1v) is 6.19. The van der Waals surface area contributed by atoms with Crippen LogP contribution in [0.2, 0.25) is 0 Å². The largest absolute Gasteiger partial charge is 0.405 e. The number of hydrogen-bond acceptors (Lipinski definition) is 5. The van der Waals surface area contributed by atoms with Crippen LogP contribution in [0, 0.1) is 0 Å². The topological polar surface area (TPSA) is 80.0 Å². The Bertz CT molecular complexity index is 464. The van der Waals surface area contributed by atoms with Crippen LogP contribution < -0.4 is 16.4 Å². The van der Waals surface area contributed by atoms with E-state index in [1.54, 1.807) is 5.32 Å².